The molecule has 1 aliphatic rings. The van der Waals surface area contributed by atoms with Crippen molar-refractivity contribution < 1.29 is 14.7 Å². The van der Waals surface area contributed by atoms with Gasteiger partial charge in [-0.15, -0.1) is 0 Å². The summed E-state index contributed by atoms with van der Waals surface area (Å²) in [6.07, 6.45) is 3.20. The fourth-order valence-corrected chi connectivity index (χ4v) is 4.87. The molecule has 2 atom stereocenters. The lowest BCUT2D eigenvalue weighted by Crippen LogP contribution is -2.38. The number of nitrogens with zero attached hydrogens (tertiary/aromatic N) is 1. The van der Waals surface area contributed by atoms with Crippen molar-refractivity contribution in [2.75, 3.05) is 36.0 Å². The molecule has 1 fully saturated rings. The van der Waals surface area contributed by atoms with E-state index in [-0.39, 0.29) is 23.7 Å². The Kier molecular flexibility index (Phi) is 8.52. The van der Waals surface area contributed by atoms with Gasteiger partial charge in [-0.2, -0.15) is 0 Å². The van der Waals surface area contributed by atoms with Gasteiger partial charge < -0.3 is 21.5 Å². The van der Waals surface area contributed by atoms with Crippen molar-refractivity contribution in [3.8, 4) is 0 Å². The zero-order valence-corrected chi connectivity index (χ0v) is 22.3. The van der Waals surface area contributed by atoms with E-state index in [1.165, 1.54) is 6.08 Å². The van der Waals surface area contributed by atoms with Crippen LogP contribution in [0.2, 0.25) is 5.02 Å². The molecule has 4 rings (SSSR count). The first-order valence-electron chi connectivity index (χ1n) is 12.5. The molecule has 0 aliphatic carbocycles. The van der Waals surface area contributed by atoms with E-state index >= 15 is 0 Å². The lowest BCUT2D eigenvalue weighted by atomic mass is 9.88. The third-order valence-electron chi connectivity index (χ3n) is 6.47. The number of para-hydroxylation sites is 2. The van der Waals surface area contributed by atoms with E-state index in [4.69, 9.17) is 17.3 Å². The van der Waals surface area contributed by atoms with E-state index in [9.17, 15) is 14.7 Å². The molecule has 1 heterocycles. The first-order valence-corrected chi connectivity index (χ1v) is 12.9. The fourth-order valence-electron chi connectivity index (χ4n) is 4.74. The Morgan fingerprint density at radius 2 is 1.71 bits per heavy atom. The van der Waals surface area contributed by atoms with Gasteiger partial charge in [-0.1, -0.05) is 48.0 Å². The number of nitrogens with two attached hydrogens (primary N) is 1. The standard InChI is InChI=1S/C30H33ClN4O3/c1-30(2,38)19-35-17-24(25(18-35)29(37)33-23-14-12-22(31)13-15-23)21-10-7-20(8-11-21)9-16-28(36)34-27-6-4-3-5-26(27)32/h3-16,24-25,38H,17-19,32H2,1-2H3,(H,33,37)(H,34,36)/b16-9+. The summed E-state index contributed by atoms with van der Waals surface area (Å²) in [5, 5.41) is 16.8. The average Bonchev–Trinajstić information content (AvgIpc) is 3.28. The van der Waals surface area contributed by atoms with Crippen LogP contribution in [0.25, 0.3) is 6.08 Å². The highest BCUT2D eigenvalue weighted by Crippen LogP contribution is 2.34. The maximum Gasteiger partial charge on any atom is 0.248 e. The SMILES string of the molecule is CC(C)(O)CN1CC(C(=O)Nc2ccc(Cl)cc2)C(c2ccc(/C=C/C(=O)Nc3ccccc3N)cc2)C1. The van der Waals surface area contributed by atoms with Crippen LogP contribution in [0, 0.1) is 5.92 Å². The Bertz CT molecular complexity index is 1300. The third kappa shape index (κ3) is 7.44. The van der Waals surface area contributed by atoms with Crippen molar-refractivity contribution in [3.63, 3.8) is 0 Å². The summed E-state index contributed by atoms with van der Waals surface area (Å²) >= 11 is 5.98. The molecular formula is C30H33ClN4O3. The number of rotatable bonds is 8. The number of benzene rings is 3. The third-order valence-corrected chi connectivity index (χ3v) is 6.72. The number of amides is 2. The van der Waals surface area contributed by atoms with E-state index in [0.717, 1.165) is 11.1 Å². The van der Waals surface area contributed by atoms with Crippen molar-refractivity contribution in [3.05, 3.63) is 95.0 Å². The topological polar surface area (TPSA) is 108 Å². The molecule has 198 valence electrons. The van der Waals surface area contributed by atoms with Gasteiger partial charge >= 0.3 is 0 Å². The molecule has 1 aliphatic heterocycles. The van der Waals surface area contributed by atoms with Crippen molar-refractivity contribution >= 4 is 46.6 Å². The molecule has 0 bridgehead atoms. The number of carbonyl (C=O) groups excluding carboxylic acids is 2. The number of aliphatic hydroxyl groups is 1. The molecule has 7 nitrogen and oxygen atoms in total. The Labute approximate surface area is 228 Å². The summed E-state index contributed by atoms with van der Waals surface area (Å²) in [5.74, 6) is -0.691. The lowest BCUT2D eigenvalue weighted by molar-refractivity contribution is -0.120. The van der Waals surface area contributed by atoms with Crippen LogP contribution in [-0.4, -0.2) is 47.1 Å². The van der Waals surface area contributed by atoms with E-state index < -0.39 is 5.60 Å². The van der Waals surface area contributed by atoms with Gasteiger partial charge in [0.15, 0.2) is 0 Å². The molecule has 3 aromatic carbocycles. The maximum absolute atomic E-state index is 13.3. The van der Waals surface area contributed by atoms with E-state index in [2.05, 4.69) is 15.5 Å². The number of anilines is 3. The number of likely N-dealkylation sites (tertiary alicyclic amines) is 1. The number of carbonyl (C=O) groups is 2. The van der Waals surface area contributed by atoms with Crippen LogP contribution in [0.15, 0.2) is 78.9 Å². The normalized spacial score (nSPS) is 18.0. The molecule has 5 N–H and O–H groups in total. The fraction of sp³-hybridized carbons (Fsp3) is 0.267. The number of nitrogens with one attached hydrogen (secondary N) is 2. The molecule has 2 unspecified atom stereocenters. The summed E-state index contributed by atoms with van der Waals surface area (Å²) in [5.41, 5.74) is 8.66. The zero-order chi connectivity index (χ0) is 27.3. The van der Waals surface area contributed by atoms with E-state index in [1.54, 1.807) is 56.3 Å². The molecule has 0 radical (unpaired) electrons. The lowest BCUT2D eigenvalue weighted by Gasteiger charge is -2.25. The molecule has 38 heavy (non-hydrogen) atoms. The van der Waals surface area contributed by atoms with Crippen molar-refractivity contribution in [2.24, 2.45) is 5.92 Å². The van der Waals surface area contributed by atoms with Gasteiger partial charge in [0.2, 0.25) is 11.8 Å². The molecular weight excluding hydrogens is 500 g/mol. The molecule has 0 spiro atoms. The van der Waals surface area contributed by atoms with Crippen LogP contribution in [-0.2, 0) is 9.59 Å². The number of hydrogen-bond acceptors (Lipinski definition) is 5. The van der Waals surface area contributed by atoms with E-state index in [0.29, 0.717) is 41.7 Å². The minimum Gasteiger partial charge on any atom is -0.397 e. The minimum absolute atomic E-state index is 0.0490. The zero-order valence-electron chi connectivity index (χ0n) is 21.5. The second-order valence-corrected chi connectivity index (χ2v) is 10.7. The van der Waals surface area contributed by atoms with Gasteiger partial charge in [-0.05, 0) is 67.4 Å². The number of β-amino-alcohol motifs (C(OH)–C–C–N with tert-alkyl or cyclic N) is 1. The van der Waals surface area contributed by atoms with Gasteiger partial charge in [0.1, 0.15) is 0 Å². The number of hydrogen-bond donors (Lipinski definition) is 4. The summed E-state index contributed by atoms with van der Waals surface area (Å²) in [6.45, 7) is 5.20. The first-order chi connectivity index (χ1) is 18.1. The van der Waals surface area contributed by atoms with Crippen LogP contribution in [0.4, 0.5) is 17.1 Å². The molecule has 3 aromatic rings. The van der Waals surface area contributed by atoms with Gasteiger partial charge in [-0.3, -0.25) is 14.5 Å². The van der Waals surface area contributed by atoms with Crippen molar-refractivity contribution in [1.29, 1.82) is 0 Å². The van der Waals surface area contributed by atoms with Crippen molar-refractivity contribution in [1.82, 2.24) is 4.90 Å². The quantitative estimate of drug-likeness (QED) is 0.241. The highest BCUT2D eigenvalue weighted by molar-refractivity contribution is 6.30. The Morgan fingerprint density at radius 3 is 2.37 bits per heavy atom. The average molecular weight is 533 g/mol. The predicted octanol–water partition coefficient (Wildman–Crippen LogP) is 5.00. The van der Waals surface area contributed by atoms with Gasteiger partial charge in [0.05, 0.1) is 22.9 Å². The summed E-state index contributed by atoms with van der Waals surface area (Å²) in [6, 6.07) is 22.0. The minimum atomic E-state index is -0.869. The van der Waals surface area contributed by atoms with Crippen LogP contribution in [0.5, 0.6) is 0 Å². The van der Waals surface area contributed by atoms with E-state index in [1.807, 2.05) is 36.4 Å². The Hall–Kier alpha value is -3.65. The Morgan fingerprint density at radius 1 is 1.03 bits per heavy atom. The highest BCUT2D eigenvalue weighted by Gasteiger charge is 2.39. The van der Waals surface area contributed by atoms with Crippen LogP contribution in [0.3, 0.4) is 0 Å². The number of halogens is 1. The largest absolute Gasteiger partial charge is 0.397 e. The predicted molar refractivity (Wildman–Crippen MR) is 154 cm³/mol. The Balaban J connectivity index is 1.46. The van der Waals surface area contributed by atoms with Gasteiger partial charge in [-0.25, -0.2) is 0 Å². The molecule has 8 heteroatoms. The maximum atomic E-state index is 13.3. The molecule has 0 saturated carbocycles. The smallest absolute Gasteiger partial charge is 0.248 e. The summed E-state index contributed by atoms with van der Waals surface area (Å²) in [4.78, 5) is 27.8. The highest BCUT2D eigenvalue weighted by atomic mass is 35.5. The molecule has 1 saturated heterocycles. The van der Waals surface area contributed by atoms with Gasteiger partial charge in [0, 0.05) is 42.3 Å². The van der Waals surface area contributed by atoms with Crippen LogP contribution < -0.4 is 16.4 Å². The van der Waals surface area contributed by atoms with Gasteiger partial charge in [0.25, 0.3) is 0 Å². The van der Waals surface area contributed by atoms with Crippen molar-refractivity contribution in [2.45, 2.75) is 25.4 Å². The van der Waals surface area contributed by atoms with Crippen LogP contribution >= 0.6 is 11.6 Å². The molecule has 2 amide bonds. The summed E-state index contributed by atoms with van der Waals surface area (Å²) in [7, 11) is 0. The number of nitrogen functional groups attached to an aromatic ring is 1. The summed E-state index contributed by atoms with van der Waals surface area (Å²) < 4.78 is 0. The molecule has 0 aromatic heterocycles. The van der Waals surface area contributed by atoms with Crippen LogP contribution in [0.1, 0.15) is 30.9 Å². The monoisotopic (exact) mass is 532 g/mol. The second-order valence-electron chi connectivity index (χ2n) is 10.3. The first kappa shape index (κ1) is 27.4. The second kappa shape index (κ2) is 11.8.